The van der Waals surface area contributed by atoms with E-state index in [-0.39, 0.29) is 0 Å². The Balaban J connectivity index is 2.47. The van der Waals surface area contributed by atoms with Gasteiger partial charge in [0.25, 0.3) is 0 Å². The Hall–Kier alpha value is -1.42. The van der Waals surface area contributed by atoms with E-state index in [1.54, 1.807) is 11.3 Å². The maximum absolute atomic E-state index is 4.72. The third-order valence-electron chi connectivity index (χ3n) is 3.00. The highest BCUT2D eigenvalue weighted by Crippen LogP contribution is 2.29. The summed E-state index contributed by atoms with van der Waals surface area (Å²) in [7, 11) is 0. The van der Waals surface area contributed by atoms with Crippen LogP contribution in [0.4, 0.5) is 5.82 Å². The number of rotatable bonds is 5. The molecule has 2 aromatic heterocycles. The minimum Gasteiger partial charge on any atom is -0.370 e. The van der Waals surface area contributed by atoms with Crippen LogP contribution in [0, 0.1) is 6.92 Å². The van der Waals surface area contributed by atoms with Gasteiger partial charge in [-0.25, -0.2) is 9.97 Å². The molecule has 2 heterocycles. The molecule has 0 aromatic carbocycles. The molecule has 0 unspecified atom stereocenters. The van der Waals surface area contributed by atoms with Gasteiger partial charge in [-0.3, -0.25) is 0 Å². The van der Waals surface area contributed by atoms with Crippen LogP contribution >= 0.6 is 11.3 Å². The molecule has 0 saturated heterocycles. The topological polar surface area (TPSA) is 37.8 Å². The van der Waals surface area contributed by atoms with Crippen LogP contribution in [0.1, 0.15) is 44.4 Å². The van der Waals surface area contributed by atoms with Gasteiger partial charge >= 0.3 is 0 Å². The number of thiophene rings is 1. The minimum atomic E-state index is 0.428. The van der Waals surface area contributed by atoms with E-state index in [0.29, 0.717) is 5.92 Å². The van der Waals surface area contributed by atoms with Gasteiger partial charge in [0.05, 0.1) is 4.88 Å². The Labute approximate surface area is 119 Å². The molecule has 2 aromatic rings. The molecule has 102 valence electrons. The van der Waals surface area contributed by atoms with E-state index in [0.717, 1.165) is 35.2 Å². The molecule has 1 N–H and O–H groups in total. The summed E-state index contributed by atoms with van der Waals surface area (Å²) in [4.78, 5) is 10.5. The Morgan fingerprint density at radius 2 is 2.11 bits per heavy atom. The lowest BCUT2D eigenvalue weighted by atomic mass is 10.0. The molecule has 3 nitrogen and oxygen atoms in total. The van der Waals surface area contributed by atoms with E-state index in [1.807, 2.05) is 6.07 Å². The summed E-state index contributed by atoms with van der Waals surface area (Å²) in [6.45, 7) is 9.56. The molecule has 0 atom stereocenters. The normalized spacial score (nSPS) is 11.0. The van der Waals surface area contributed by atoms with Crippen LogP contribution in [0.3, 0.4) is 0 Å². The highest BCUT2D eigenvalue weighted by Gasteiger charge is 2.15. The highest BCUT2D eigenvalue weighted by molar-refractivity contribution is 7.13. The third-order valence-corrected chi connectivity index (χ3v) is 3.86. The summed E-state index contributed by atoms with van der Waals surface area (Å²) < 4.78 is 0. The lowest BCUT2D eigenvalue weighted by Crippen LogP contribution is -2.10. The first-order valence-electron chi connectivity index (χ1n) is 6.79. The van der Waals surface area contributed by atoms with Crippen molar-refractivity contribution in [1.82, 2.24) is 9.97 Å². The smallest absolute Gasteiger partial charge is 0.171 e. The number of nitrogens with zero attached hydrogens (tertiary/aromatic N) is 2. The standard InChI is InChI=1S/C15H21N3S/c1-5-8-16-15-13(10(2)3)11(4)17-14(18-15)12-7-6-9-19-12/h6-7,9-10H,5,8H2,1-4H3,(H,16,17,18). The average molecular weight is 275 g/mol. The van der Waals surface area contributed by atoms with Crippen LogP contribution in [-0.2, 0) is 0 Å². The molecule has 0 aliphatic rings. The molecule has 2 rings (SSSR count). The Morgan fingerprint density at radius 1 is 1.32 bits per heavy atom. The van der Waals surface area contributed by atoms with Crippen LogP contribution in [0.15, 0.2) is 17.5 Å². The molecule has 19 heavy (non-hydrogen) atoms. The monoisotopic (exact) mass is 275 g/mol. The maximum atomic E-state index is 4.72. The molecule has 0 amide bonds. The summed E-state index contributed by atoms with van der Waals surface area (Å²) in [5.74, 6) is 2.25. The summed E-state index contributed by atoms with van der Waals surface area (Å²) in [5.41, 5.74) is 2.31. The maximum Gasteiger partial charge on any atom is 0.171 e. The molecule has 0 aliphatic heterocycles. The first-order chi connectivity index (χ1) is 9.13. The molecule has 0 radical (unpaired) electrons. The van der Waals surface area contributed by atoms with Gasteiger partial charge in [0.1, 0.15) is 5.82 Å². The first kappa shape index (κ1) is 14.0. The van der Waals surface area contributed by atoms with Gasteiger partial charge in [-0.15, -0.1) is 11.3 Å². The summed E-state index contributed by atoms with van der Waals surface area (Å²) >= 11 is 1.68. The predicted molar refractivity (Wildman–Crippen MR) is 83.0 cm³/mol. The largest absolute Gasteiger partial charge is 0.370 e. The number of aryl methyl sites for hydroxylation is 1. The highest BCUT2D eigenvalue weighted by atomic mass is 32.1. The Kier molecular flexibility index (Phi) is 4.53. The van der Waals surface area contributed by atoms with Crippen LogP contribution < -0.4 is 5.32 Å². The fraction of sp³-hybridized carbons (Fsp3) is 0.467. The molecule has 0 spiro atoms. The molecule has 4 heteroatoms. The summed E-state index contributed by atoms with van der Waals surface area (Å²) in [6.07, 6.45) is 1.09. The lowest BCUT2D eigenvalue weighted by Gasteiger charge is -2.16. The van der Waals surface area contributed by atoms with Crippen molar-refractivity contribution in [2.75, 3.05) is 11.9 Å². The lowest BCUT2D eigenvalue weighted by molar-refractivity contribution is 0.827. The van der Waals surface area contributed by atoms with Gasteiger partial charge < -0.3 is 5.32 Å². The molecule has 0 bridgehead atoms. The van der Waals surface area contributed by atoms with Gasteiger partial charge in [0, 0.05) is 17.8 Å². The van der Waals surface area contributed by atoms with Gasteiger partial charge in [-0.05, 0) is 30.7 Å². The van der Waals surface area contributed by atoms with Crippen molar-refractivity contribution < 1.29 is 0 Å². The fourth-order valence-corrected chi connectivity index (χ4v) is 2.82. The number of hydrogen-bond donors (Lipinski definition) is 1. The van der Waals surface area contributed by atoms with Gasteiger partial charge in [0.2, 0.25) is 0 Å². The zero-order chi connectivity index (χ0) is 13.8. The third kappa shape index (κ3) is 3.13. The van der Waals surface area contributed by atoms with Crippen molar-refractivity contribution in [1.29, 1.82) is 0 Å². The predicted octanol–water partition coefficient (Wildman–Crippen LogP) is 4.46. The second kappa shape index (κ2) is 6.15. The SMILES string of the molecule is CCCNc1nc(-c2cccs2)nc(C)c1C(C)C. The van der Waals surface area contributed by atoms with Crippen LogP contribution in [-0.4, -0.2) is 16.5 Å². The summed E-state index contributed by atoms with van der Waals surface area (Å²) in [5, 5.41) is 5.50. The molecular weight excluding hydrogens is 254 g/mol. The van der Waals surface area contributed by atoms with E-state index in [4.69, 9.17) is 4.98 Å². The second-order valence-electron chi connectivity index (χ2n) is 4.95. The number of hydrogen-bond acceptors (Lipinski definition) is 4. The number of nitrogens with one attached hydrogen (secondary N) is 1. The minimum absolute atomic E-state index is 0.428. The number of anilines is 1. The fourth-order valence-electron chi connectivity index (χ4n) is 2.17. The van der Waals surface area contributed by atoms with Crippen LogP contribution in [0.25, 0.3) is 10.7 Å². The van der Waals surface area contributed by atoms with Crippen molar-refractivity contribution in [3.63, 3.8) is 0 Å². The van der Waals surface area contributed by atoms with Crippen molar-refractivity contribution in [2.24, 2.45) is 0 Å². The van der Waals surface area contributed by atoms with E-state index >= 15 is 0 Å². The molecule has 0 fully saturated rings. The van der Waals surface area contributed by atoms with E-state index in [9.17, 15) is 0 Å². The van der Waals surface area contributed by atoms with E-state index in [1.165, 1.54) is 5.56 Å². The summed E-state index contributed by atoms with van der Waals surface area (Å²) in [6, 6.07) is 4.10. The zero-order valence-electron chi connectivity index (χ0n) is 12.0. The number of aromatic nitrogens is 2. The second-order valence-corrected chi connectivity index (χ2v) is 5.90. The van der Waals surface area contributed by atoms with Crippen molar-refractivity contribution in [3.8, 4) is 10.7 Å². The Morgan fingerprint density at radius 3 is 2.68 bits per heavy atom. The van der Waals surface area contributed by atoms with Gasteiger partial charge in [0.15, 0.2) is 5.82 Å². The Bertz CT molecular complexity index is 533. The van der Waals surface area contributed by atoms with Crippen LogP contribution in [0.5, 0.6) is 0 Å². The molecule has 0 aliphatic carbocycles. The first-order valence-corrected chi connectivity index (χ1v) is 7.67. The van der Waals surface area contributed by atoms with E-state index < -0.39 is 0 Å². The molecule has 0 saturated carbocycles. The van der Waals surface area contributed by atoms with Crippen molar-refractivity contribution in [3.05, 3.63) is 28.8 Å². The average Bonchev–Trinajstić information content (AvgIpc) is 2.88. The zero-order valence-corrected chi connectivity index (χ0v) is 12.8. The van der Waals surface area contributed by atoms with Crippen LogP contribution in [0.2, 0.25) is 0 Å². The quantitative estimate of drug-likeness (QED) is 0.875. The van der Waals surface area contributed by atoms with Gasteiger partial charge in [-0.2, -0.15) is 0 Å². The van der Waals surface area contributed by atoms with E-state index in [2.05, 4.69) is 49.4 Å². The van der Waals surface area contributed by atoms with Gasteiger partial charge in [-0.1, -0.05) is 26.8 Å². The molecular formula is C15H21N3S. The van der Waals surface area contributed by atoms with Crippen molar-refractivity contribution in [2.45, 2.75) is 40.0 Å². The van der Waals surface area contributed by atoms with Crippen molar-refractivity contribution >= 4 is 17.2 Å².